The van der Waals surface area contributed by atoms with E-state index in [2.05, 4.69) is 39.1 Å². The van der Waals surface area contributed by atoms with Crippen molar-refractivity contribution in [2.45, 2.75) is 52.1 Å². The van der Waals surface area contributed by atoms with Gasteiger partial charge in [-0.2, -0.15) is 0 Å². The minimum absolute atomic E-state index is 0.188. The van der Waals surface area contributed by atoms with Crippen molar-refractivity contribution in [3.05, 3.63) is 76.6 Å². The van der Waals surface area contributed by atoms with Gasteiger partial charge in [0, 0.05) is 41.9 Å². The van der Waals surface area contributed by atoms with Crippen molar-refractivity contribution in [3.8, 4) is 0 Å². The Hall–Kier alpha value is -4.05. The zero-order valence-electron chi connectivity index (χ0n) is 22.0. The van der Waals surface area contributed by atoms with Crippen LogP contribution in [0.2, 0.25) is 0 Å². The molecule has 38 heavy (non-hydrogen) atoms. The highest BCUT2D eigenvalue weighted by Crippen LogP contribution is 2.20. The zero-order chi connectivity index (χ0) is 28.1. The topological polar surface area (TPSA) is 133 Å². The SMILES string of the molecule is C=Cc1[nH]cc(CC(NC(=O)CNC(=O)C(C/C(C)=C/C=C\C)NC(=O)CC)C(=O)c2nccs2)c1C=C. The molecule has 0 radical (unpaired) electrons. The Labute approximate surface area is 227 Å². The molecule has 0 fully saturated rings. The highest BCUT2D eigenvalue weighted by molar-refractivity contribution is 7.11. The lowest BCUT2D eigenvalue weighted by atomic mass is 10.00. The number of aromatic amines is 1. The normalized spacial score (nSPS) is 13.0. The van der Waals surface area contributed by atoms with Crippen LogP contribution in [0, 0.1) is 0 Å². The maximum absolute atomic E-state index is 13.2. The lowest BCUT2D eigenvalue weighted by molar-refractivity contribution is -0.130. The van der Waals surface area contributed by atoms with E-state index in [9.17, 15) is 19.2 Å². The molecule has 10 heteroatoms. The number of allylic oxidation sites excluding steroid dienone is 3. The van der Waals surface area contributed by atoms with E-state index in [0.717, 1.165) is 22.4 Å². The number of carbonyl (C=O) groups excluding carboxylic acids is 4. The Morgan fingerprint density at radius 3 is 2.47 bits per heavy atom. The second-order valence-electron chi connectivity index (χ2n) is 8.51. The third-order valence-electron chi connectivity index (χ3n) is 5.66. The summed E-state index contributed by atoms with van der Waals surface area (Å²) in [4.78, 5) is 58.0. The summed E-state index contributed by atoms with van der Waals surface area (Å²) in [5, 5.41) is 9.96. The van der Waals surface area contributed by atoms with Crippen LogP contribution < -0.4 is 16.0 Å². The molecule has 2 aromatic rings. The summed E-state index contributed by atoms with van der Waals surface area (Å²) in [7, 11) is 0. The molecule has 9 nitrogen and oxygen atoms in total. The summed E-state index contributed by atoms with van der Waals surface area (Å²) in [5.74, 6) is -1.65. The quantitative estimate of drug-likeness (QED) is 0.204. The van der Waals surface area contributed by atoms with Gasteiger partial charge in [-0.05, 0) is 31.9 Å². The van der Waals surface area contributed by atoms with Crippen LogP contribution in [0.25, 0.3) is 12.2 Å². The molecule has 0 aliphatic rings. The van der Waals surface area contributed by atoms with Crippen molar-refractivity contribution in [2.75, 3.05) is 6.54 Å². The van der Waals surface area contributed by atoms with Crippen molar-refractivity contribution in [3.63, 3.8) is 0 Å². The number of amides is 3. The molecule has 0 saturated carbocycles. The molecule has 0 aromatic carbocycles. The second kappa shape index (κ2) is 15.3. The van der Waals surface area contributed by atoms with E-state index in [1.807, 2.05) is 32.1 Å². The molecule has 0 spiro atoms. The van der Waals surface area contributed by atoms with Gasteiger partial charge in [-0.1, -0.05) is 50.0 Å². The van der Waals surface area contributed by atoms with Gasteiger partial charge in [-0.25, -0.2) is 4.98 Å². The number of thiazole rings is 1. The average Bonchev–Trinajstić information content (AvgIpc) is 3.59. The number of aromatic nitrogens is 2. The van der Waals surface area contributed by atoms with Crippen LogP contribution in [-0.4, -0.2) is 52.1 Å². The Morgan fingerprint density at radius 2 is 1.87 bits per heavy atom. The first-order valence-corrected chi connectivity index (χ1v) is 13.2. The molecule has 2 heterocycles. The van der Waals surface area contributed by atoms with E-state index < -0.39 is 23.9 Å². The van der Waals surface area contributed by atoms with Gasteiger partial charge in [0.1, 0.15) is 6.04 Å². The highest BCUT2D eigenvalue weighted by Gasteiger charge is 2.27. The minimum Gasteiger partial charge on any atom is -0.361 e. The molecule has 3 amide bonds. The van der Waals surface area contributed by atoms with Gasteiger partial charge >= 0.3 is 0 Å². The van der Waals surface area contributed by atoms with Gasteiger partial charge in [0.2, 0.25) is 23.5 Å². The maximum Gasteiger partial charge on any atom is 0.243 e. The lowest BCUT2D eigenvalue weighted by Crippen LogP contribution is -2.51. The van der Waals surface area contributed by atoms with E-state index in [0.29, 0.717) is 0 Å². The monoisotopic (exact) mass is 537 g/mol. The number of hydrogen-bond acceptors (Lipinski definition) is 6. The number of Topliss-reactive ketones (excluding diaryl/α,β-unsaturated/α-hetero) is 1. The average molecular weight is 538 g/mol. The number of rotatable bonds is 15. The molecule has 2 rings (SSSR count). The maximum atomic E-state index is 13.2. The molecule has 2 atom stereocenters. The van der Waals surface area contributed by atoms with Crippen molar-refractivity contribution >= 4 is 47.0 Å². The number of ketones is 1. The number of nitrogens with one attached hydrogen (secondary N) is 4. The molecule has 202 valence electrons. The third kappa shape index (κ3) is 8.81. The van der Waals surface area contributed by atoms with Gasteiger partial charge in [0.05, 0.1) is 12.6 Å². The van der Waals surface area contributed by atoms with E-state index >= 15 is 0 Å². The largest absolute Gasteiger partial charge is 0.361 e. The minimum atomic E-state index is -0.917. The van der Waals surface area contributed by atoms with Crippen LogP contribution in [0.3, 0.4) is 0 Å². The summed E-state index contributed by atoms with van der Waals surface area (Å²) in [6.45, 7) is 12.7. The van der Waals surface area contributed by atoms with E-state index in [-0.39, 0.29) is 42.5 Å². The lowest BCUT2D eigenvalue weighted by Gasteiger charge is -2.20. The third-order valence-corrected chi connectivity index (χ3v) is 6.45. The summed E-state index contributed by atoms with van der Waals surface area (Å²) in [5.41, 5.74) is 3.21. The van der Waals surface area contributed by atoms with Crippen LogP contribution in [0.4, 0.5) is 0 Å². The molecule has 0 aliphatic heterocycles. The van der Waals surface area contributed by atoms with Crippen LogP contribution in [0.5, 0.6) is 0 Å². The van der Waals surface area contributed by atoms with Crippen molar-refractivity contribution < 1.29 is 19.2 Å². The Morgan fingerprint density at radius 1 is 1.13 bits per heavy atom. The van der Waals surface area contributed by atoms with Crippen molar-refractivity contribution in [1.82, 2.24) is 25.9 Å². The summed E-state index contributed by atoms with van der Waals surface area (Å²) < 4.78 is 0. The smallest absolute Gasteiger partial charge is 0.243 e. The molecule has 0 saturated heterocycles. The Kier molecular flexibility index (Phi) is 12.1. The predicted octanol–water partition coefficient (Wildman–Crippen LogP) is 3.59. The molecular weight excluding hydrogens is 502 g/mol. The first-order valence-electron chi connectivity index (χ1n) is 12.3. The highest BCUT2D eigenvalue weighted by atomic mass is 32.1. The van der Waals surface area contributed by atoms with Crippen LogP contribution in [0.15, 0.2) is 54.7 Å². The van der Waals surface area contributed by atoms with Gasteiger partial charge < -0.3 is 20.9 Å². The number of carbonyl (C=O) groups is 4. The number of H-pyrrole nitrogens is 1. The van der Waals surface area contributed by atoms with Gasteiger partial charge in [0.25, 0.3) is 0 Å². The first-order chi connectivity index (χ1) is 18.2. The number of nitrogens with zero attached hydrogens (tertiary/aromatic N) is 1. The van der Waals surface area contributed by atoms with Gasteiger partial charge in [-0.3, -0.25) is 19.2 Å². The van der Waals surface area contributed by atoms with Gasteiger partial charge in [0.15, 0.2) is 5.01 Å². The zero-order valence-corrected chi connectivity index (χ0v) is 22.8. The summed E-state index contributed by atoms with van der Waals surface area (Å²) in [6, 6.07) is -1.75. The Balaban J connectivity index is 2.14. The molecular formula is C28H35N5O4S. The fraction of sp³-hybridized carbons (Fsp3) is 0.321. The van der Waals surface area contributed by atoms with Crippen molar-refractivity contribution in [2.24, 2.45) is 0 Å². The van der Waals surface area contributed by atoms with Gasteiger partial charge in [-0.15, -0.1) is 11.3 Å². The molecule has 4 N–H and O–H groups in total. The van der Waals surface area contributed by atoms with E-state index in [1.165, 1.54) is 17.5 Å². The Bertz CT molecular complexity index is 1210. The molecule has 0 aliphatic carbocycles. The first kappa shape index (κ1) is 30.2. The fourth-order valence-corrected chi connectivity index (χ4v) is 4.32. The molecule has 0 bridgehead atoms. The summed E-state index contributed by atoms with van der Waals surface area (Å²) in [6.07, 6.45) is 12.8. The second-order valence-corrected chi connectivity index (χ2v) is 9.40. The van der Waals surface area contributed by atoms with Crippen molar-refractivity contribution in [1.29, 1.82) is 0 Å². The van der Waals surface area contributed by atoms with Crippen LogP contribution >= 0.6 is 11.3 Å². The van der Waals surface area contributed by atoms with E-state index in [1.54, 1.807) is 30.7 Å². The standard InChI is InChI=1S/C28H35N5O4S/c1-6-10-11-18(5)14-23(33-24(34)9-4)27(37)31-17-25(35)32-22(26(36)28-29-12-13-38-28)15-19-16-30-21(8-3)20(19)7-2/h6-8,10-13,16,22-23,30H,2-3,9,14-15,17H2,1,4-5H3,(H,31,37)(H,32,35)(H,33,34)/b10-6-,18-11+. The van der Waals surface area contributed by atoms with Crippen LogP contribution in [-0.2, 0) is 20.8 Å². The molecule has 2 unspecified atom stereocenters. The van der Waals surface area contributed by atoms with Crippen LogP contribution in [0.1, 0.15) is 60.2 Å². The predicted molar refractivity (Wildman–Crippen MR) is 151 cm³/mol. The number of hydrogen-bond donors (Lipinski definition) is 4. The summed E-state index contributed by atoms with van der Waals surface area (Å²) >= 11 is 1.18. The van der Waals surface area contributed by atoms with E-state index in [4.69, 9.17) is 0 Å². The molecule has 2 aromatic heterocycles. The fourth-order valence-electron chi connectivity index (χ4n) is 3.69.